The number of hydrogen-bond acceptors (Lipinski definition) is 6. The van der Waals surface area contributed by atoms with Crippen LogP contribution in [0.25, 0.3) is 0 Å². The Labute approximate surface area is 120 Å². The first kappa shape index (κ1) is 14.8. The van der Waals surface area contributed by atoms with E-state index in [-0.39, 0.29) is 18.5 Å². The summed E-state index contributed by atoms with van der Waals surface area (Å²) in [7, 11) is 0. The zero-order valence-electron chi connectivity index (χ0n) is 11.0. The molecule has 1 heterocycles. The van der Waals surface area contributed by atoms with Crippen LogP contribution in [-0.4, -0.2) is 33.1 Å². The van der Waals surface area contributed by atoms with Gasteiger partial charge in [0.2, 0.25) is 5.88 Å². The number of halogens is 1. The van der Waals surface area contributed by atoms with Crippen molar-refractivity contribution in [3.05, 3.63) is 41.8 Å². The molecular weight excluding hydrogens is 281 g/mol. The van der Waals surface area contributed by atoms with Crippen molar-refractivity contribution in [1.82, 2.24) is 14.1 Å². The third-order valence-corrected chi connectivity index (χ3v) is 3.26. The van der Waals surface area contributed by atoms with Gasteiger partial charge in [-0.3, -0.25) is 0 Å². The van der Waals surface area contributed by atoms with Crippen LogP contribution in [0.1, 0.15) is 18.5 Å². The molecule has 0 bridgehead atoms. The van der Waals surface area contributed by atoms with Crippen LogP contribution < -0.4 is 10.1 Å². The summed E-state index contributed by atoms with van der Waals surface area (Å²) in [5, 5.41) is 13.0. The van der Waals surface area contributed by atoms with Gasteiger partial charge in [-0.2, -0.15) is 4.37 Å². The molecule has 2 unspecified atom stereocenters. The number of benzene rings is 1. The lowest BCUT2D eigenvalue weighted by Gasteiger charge is -2.17. The SMILES string of the molecule is CC(NCC(O)COc1cnsn1)c1ccc(F)cc1. The van der Waals surface area contributed by atoms with Gasteiger partial charge in [0.1, 0.15) is 24.7 Å². The number of ether oxygens (including phenoxy) is 1. The van der Waals surface area contributed by atoms with Crippen LogP contribution in [-0.2, 0) is 0 Å². The molecule has 0 radical (unpaired) electrons. The molecule has 1 aromatic heterocycles. The number of nitrogens with zero attached hydrogens (tertiary/aromatic N) is 2. The first-order valence-electron chi connectivity index (χ1n) is 6.22. The Morgan fingerprint density at radius 3 is 2.80 bits per heavy atom. The van der Waals surface area contributed by atoms with Gasteiger partial charge in [0.15, 0.2) is 0 Å². The minimum atomic E-state index is -0.653. The first-order valence-corrected chi connectivity index (χ1v) is 6.95. The normalized spacial score (nSPS) is 13.9. The Hall–Kier alpha value is -1.57. The number of aliphatic hydroxyl groups is 1. The highest BCUT2D eigenvalue weighted by Gasteiger charge is 2.10. The number of hydrogen-bond donors (Lipinski definition) is 2. The summed E-state index contributed by atoms with van der Waals surface area (Å²) in [6, 6.07) is 6.30. The summed E-state index contributed by atoms with van der Waals surface area (Å²) in [6.07, 6.45) is 0.853. The van der Waals surface area contributed by atoms with E-state index >= 15 is 0 Å². The van der Waals surface area contributed by atoms with Crippen molar-refractivity contribution in [3.8, 4) is 5.88 Å². The van der Waals surface area contributed by atoms with Gasteiger partial charge in [-0.05, 0) is 24.6 Å². The summed E-state index contributed by atoms with van der Waals surface area (Å²) in [5.74, 6) is 0.159. The van der Waals surface area contributed by atoms with E-state index in [1.165, 1.54) is 18.3 Å². The highest BCUT2D eigenvalue weighted by Crippen LogP contribution is 2.12. The fourth-order valence-electron chi connectivity index (χ4n) is 1.64. The van der Waals surface area contributed by atoms with Gasteiger partial charge >= 0.3 is 0 Å². The first-order chi connectivity index (χ1) is 9.65. The minimum absolute atomic E-state index is 0.0196. The molecule has 0 aliphatic carbocycles. The van der Waals surface area contributed by atoms with Crippen molar-refractivity contribution in [2.45, 2.75) is 19.1 Å². The Morgan fingerprint density at radius 1 is 1.40 bits per heavy atom. The fourth-order valence-corrected chi connectivity index (χ4v) is 2.01. The molecule has 5 nitrogen and oxygen atoms in total. The average molecular weight is 297 g/mol. The molecule has 0 saturated heterocycles. The van der Waals surface area contributed by atoms with Gasteiger partial charge in [0, 0.05) is 12.6 Å². The maximum absolute atomic E-state index is 12.8. The largest absolute Gasteiger partial charge is 0.473 e. The van der Waals surface area contributed by atoms with E-state index < -0.39 is 6.10 Å². The zero-order chi connectivity index (χ0) is 14.4. The van der Waals surface area contributed by atoms with Crippen LogP contribution >= 0.6 is 11.7 Å². The molecule has 108 valence electrons. The Kier molecular flexibility index (Phi) is 5.40. The summed E-state index contributed by atoms with van der Waals surface area (Å²) >= 11 is 1.06. The fraction of sp³-hybridized carbons (Fsp3) is 0.385. The van der Waals surface area contributed by atoms with Crippen LogP contribution in [0.5, 0.6) is 5.88 Å². The lowest BCUT2D eigenvalue weighted by atomic mass is 10.1. The van der Waals surface area contributed by atoms with Crippen molar-refractivity contribution < 1.29 is 14.2 Å². The van der Waals surface area contributed by atoms with Crippen LogP contribution in [0.4, 0.5) is 4.39 Å². The third-order valence-electron chi connectivity index (χ3n) is 2.79. The van der Waals surface area contributed by atoms with E-state index in [2.05, 4.69) is 14.1 Å². The summed E-state index contributed by atoms with van der Waals surface area (Å²) < 4.78 is 25.8. The maximum Gasteiger partial charge on any atom is 0.245 e. The molecule has 0 aliphatic rings. The van der Waals surface area contributed by atoms with Crippen LogP contribution in [0, 0.1) is 5.82 Å². The second kappa shape index (κ2) is 7.28. The quantitative estimate of drug-likeness (QED) is 0.815. The van der Waals surface area contributed by atoms with Crippen LogP contribution in [0.15, 0.2) is 30.5 Å². The topological polar surface area (TPSA) is 67.3 Å². The van der Waals surface area contributed by atoms with E-state index in [0.717, 1.165) is 17.3 Å². The van der Waals surface area contributed by atoms with Crippen LogP contribution in [0.3, 0.4) is 0 Å². The highest BCUT2D eigenvalue weighted by molar-refractivity contribution is 6.99. The molecule has 20 heavy (non-hydrogen) atoms. The maximum atomic E-state index is 12.8. The summed E-state index contributed by atoms with van der Waals surface area (Å²) in [6.45, 7) is 2.47. The monoisotopic (exact) mass is 297 g/mol. The summed E-state index contributed by atoms with van der Waals surface area (Å²) in [5.41, 5.74) is 0.961. The molecule has 2 rings (SSSR count). The predicted octanol–water partition coefficient (Wildman–Crippen LogP) is 1.77. The molecule has 0 amide bonds. The van der Waals surface area contributed by atoms with Crippen molar-refractivity contribution in [3.63, 3.8) is 0 Å². The standard InChI is InChI=1S/C13H16FN3O2S/c1-9(10-2-4-11(14)5-3-10)15-6-12(18)8-19-13-7-16-20-17-13/h2-5,7,9,12,15,18H,6,8H2,1H3. The highest BCUT2D eigenvalue weighted by atomic mass is 32.1. The molecule has 2 atom stereocenters. The second-order valence-corrected chi connectivity index (χ2v) is 4.95. The molecule has 7 heteroatoms. The molecule has 0 saturated carbocycles. The second-order valence-electron chi connectivity index (χ2n) is 4.39. The van der Waals surface area contributed by atoms with E-state index in [9.17, 15) is 9.50 Å². The van der Waals surface area contributed by atoms with Gasteiger partial charge in [-0.25, -0.2) is 4.39 Å². The van der Waals surface area contributed by atoms with Gasteiger partial charge in [-0.15, -0.1) is 4.37 Å². The number of nitrogens with one attached hydrogen (secondary N) is 1. The predicted molar refractivity (Wildman–Crippen MR) is 74.2 cm³/mol. The van der Waals surface area contributed by atoms with E-state index in [1.54, 1.807) is 12.1 Å². The third kappa shape index (κ3) is 4.52. The average Bonchev–Trinajstić information content (AvgIpc) is 2.96. The van der Waals surface area contributed by atoms with Crippen LogP contribution in [0.2, 0.25) is 0 Å². The van der Waals surface area contributed by atoms with Gasteiger partial charge in [0.05, 0.1) is 11.7 Å². The smallest absolute Gasteiger partial charge is 0.245 e. The number of aromatic nitrogens is 2. The van der Waals surface area contributed by atoms with Gasteiger partial charge < -0.3 is 15.2 Å². The lowest BCUT2D eigenvalue weighted by Crippen LogP contribution is -2.33. The van der Waals surface area contributed by atoms with Gasteiger partial charge in [0.25, 0.3) is 0 Å². The van der Waals surface area contributed by atoms with Crippen molar-refractivity contribution in [2.24, 2.45) is 0 Å². The molecule has 1 aromatic carbocycles. The zero-order valence-corrected chi connectivity index (χ0v) is 11.8. The number of rotatable bonds is 7. The molecule has 0 spiro atoms. The lowest BCUT2D eigenvalue weighted by molar-refractivity contribution is 0.102. The van der Waals surface area contributed by atoms with Gasteiger partial charge in [-0.1, -0.05) is 12.1 Å². The van der Waals surface area contributed by atoms with E-state index in [4.69, 9.17) is 4.74 Å². The molecule has 2 aromatic rings. The Bertz CT molecular complexity index is 507. The summed E-state index contributed by atoms with van der Waals surface area (Å²) in [4.78, 5) is 0. The molecule has 0 aliphatic heterocycles. The van der Waals surface area contributed by atoms with E-state index in [1.807, 2.05) is 6.92 Å². The Balaban J connectivity index is 1.72. The molecule has 0 fully saturated rings. The Morgan fingerprint density at radius 2 is 2.15 bits per heavy atom. The van der Waals surface area contributed by atoms with E-state index in [0.29, 0.717) is 12.4 Å². The minimum Gasteiger partial charge on any atom is -0.473 e. The number of aliphatic hydroxyl groups excluding tert-OH is 1. The molecular formula is C13H16FN3O2S. The molecule has 2 N–H and O–H groups in total. The van der Waals surface area contributed by atoms with Crippen molar-refractivity contribution >= 4 is 11.7 Å². The van der Waals surface area contributed by atoms with Crippen molar-refractivity contribution in [1.29, 1.82) is 0 Å². The van der Waals surface area contributed by atoms with Crippen molar-refractivity contribution in [2.75, 3.05) is 13.2 Å².